The molecule has 0 spiro atoms. The summed E-state index contributed by atoms with van der Waals surface area (Å²) in [5, 5.41) is 4.99. The summed E-state index contributed by atoms with van der Waals surface area (Å²) in [5.74, 6) is 0.925. The number of fused-ring (bicyclic) bond motifs is 1. The molecule has 0 saturated heterocycles. The van der Waals surface area contributed by atoms with E-state index in [-0.39, 0.29) is 11.8 Å². The molecule has 0 radical (unpaired) electrons. The number of carbonyl (C=O) groups excluding carboxylic acids is 1. The van der Waals surface area contributed by atoms with E-state index in [0.29, 0.717) is 13.0 Å². The summed E-state index contributed by atoms with van der Waals surface area (Å²) in [7, 11) is 1.85. The highest BCUT2D eigenvalue weighted by molar-refractivity contribution is 7.15. The molecule has 0 fully saturated rings. The van der Waals surface area contributed by atoms with Crippen LogP contribution < -0.4 is 0 Å². The van der Waals surface area contributed by atoms with Gasteiger partial charge in [-0.3, -0.25) is 9.78 Å². The average molecular weight is 382 g/mol. The van der Waals surface area contributed by atoms with Crippen molar-refractivity contribution in [1.29, 1.82) is 0 Å². The SMILES string of the molecule is Cc1noc(C)c1CN(C)C(=O)C1CCc2sc(-c3ccncc3)nc2C1. The minimum atomic E-state index is -0.0182. The first-order valence-electron chi connectivity index (χ1n) is 9.08. The maximum Gasteiger partial charge on any atom is 0.226 e. The Morgan fingerprint density at radius 3 is 2.81 bits per heavy atom. The van der Waals surface area contributed by atoms with Crippen LogP contribution in [0, 0.1) is 19.8 Å². The van der Waals surface area contributed by atoms with Crippen molar-refractivity contribution in [1.82, 2.24) is 20.0 Å². The Hall–Kier alpha value is -2.54. The van der Waals surface area contributed by atoms with Crippen LogP contribution in [0.25, 0.3) is 10.6 Å². The van der Waals surface area contributed by atoms with Gasteiger partial charge in [-0.15, -0.1) is 11.3 Å². The molecule has 0 N–H and O–H groups in total. The molecule has 0 aromatic carbocycles. The highest BCUT2D eigenvalue weighted by Gasteiger charge is 2.30. The normalized spacial score (nSPS) is 16.2. The Balaban J connectivity index is 1.47. The van der Waals surface area contributed by atoms with Gasteiger partial charge < -0.3 is 9.42 Å². The third kappa shape index (κ3) is 3.51. The molecule has 0 bridgehead atoms. The van der Waals surface area contributed by atoms with Crippen LogP contribution in [0.2, 0.25) is 0 Å². The number of hydrogen-bond acceptors (Lipinski definition) is 6. The van der Waals surface area contributed by atoms with Crippen LogP contribution in [0.1, 0.15) is 34.0 Å². The van der Waals surface area contributed by atoms with Gasteiger partial charge in [-0.05, 0) is 38.8 Å². The molecule has 1 aliphatic rings. The van der Waals surface area contributed by atoms with E-state index in [1.54, 1.807) is 28.6 Å². The number of aromatic nitrogens is 3. The van der Waals surface area contributed by atoms with E-state index in [1.165, 1.54) is 4.88 Å². The third-order valence-electron chi connectivity index (χ3n) is 5.17. The van der Waals surface area contributed by atoms with Gasteiger partial charge in [-0.1, -0.05) is 5.16 Å². The fourth-order valence-electron chi connectivity index (χ4n) is 3.56. The molecule has 27 heavy (non-hydrogen) atoms. The third-order valence-corrected chi connectivity index (χ3v) is 6.37. The van der Waals surface area contributed by atoms with Crippen LogP contribution >= 0.6 is 11.3 Å². The van der Waals surface area contributed by atoms with E-state index in [4.69, 9.17) is 9.51 Å². The van der Waals surface area contributed by atoms with E-state index in [2.05, 4.69) is 10.1 Å². The number of rotatable bonds is 4. The summed E-state index contributed by atoms with van der Waals surface area (Å²) in [6.07, 6.45) is 6.06. The maximum atomic E-state index is 13.0. The van der Waals surface area contributed by atoms with E-state index < -0.39 is 0 Å². The second-order valence-electron chi connectivity index (χ2n) is 7.06. The van der Waals surface area contributed by atoms with Crippen molar-refractivity contribution in [3.8, 4) is 10.6 Å². The summed E-state index contributed by atoms with van der Waals surface area (Å²) < 4.78 is 5.21. The standard InChI is InChI=1S/C20H22N4O2S/c1-12-16(13(2)26-23-12)11-24(3)20(25)15-4-5-18-17(10-15)22-19(27-18)14-6-8-21-9-7-14/h6-9,15H,4-5,10-11H2,1-3H3. The summed E-state index contributed by atoms with van der Waals surface area (Å²) in [6.45, 7) is 4.33. The molecule has 1 unspecified atom stereocenters. The molecular weight excluding hydrogens is 360 g/mol. The molecule has 1 amide bonds. The van der Waals surface area contributed by atoms with Crippen LogP contribution in [0.15, 0.2) is 29.0 Å². The van der Waals surface area contributed by atoms with Gasteiger partial charge in [-0.2, -0.15) is 0 Å². The van der Waals surface area contributed by atoms with E-state index in [9.17, 15) is 4.79 Å². The lowest BCUT2D eigenvalue weighted by Crippen LogP contribution is -2.35. The van der Waals surface area contributed by atoms with Crippen LogP contribution in [0.3, 0.4) is 0 Å². The van der Waals surface area contributed by atoms with Gasteiger partial charge in [0.25, 0.3) is 0 Å². The van der Waals surface area contributed by atoms with Crippen LogP contribution in [0.4, 0.5) is 0 Å². The van der Waals surface area contributed by atoms with E-state index in [1.807, 2.05) is 33.0 Å². The molecule has 1 aliphatic carbocycles. The number of pyridine rings is 1. The van der Waals surface area contributed by atoms with Gasteiger partial charge in [0, 0.05) is 47.8 Å². The number of amides is 1. The first-order chi connectivity index (χ1) is 13.0. The van der Waals surface area contributed by atoms with Crippen LogP contribution in [-0.4, -0.2) is 33.0 Å². The van der Waals surface area contributed by atoms with E-state index in [0.717, 1.165) is 46.1 Å². The van der Waals surface area contributed by atoms with Crippen molar-refractivity contribution >= 4 is 17.2 Å². The molecule has 4 rings (SSSR count). The van der Waals surface area contributed by atoms with Crippen molar-refractivity contribution in [3.05, 3.63) is 52.1 Å². The van der Waals surface area contributed by atoms with Crippen molar-refractivity contribution in [2.24, 2.45) is 5.92 Å². The molecule has 0 saturated carbocycles. The second-order valence-corrected chi connectivity index (χ2v) is 8.15. The highest BCUT2D eigenvalue weighted by atomic mass is 32.1. The number of hydrogen-bond donors (Lipinski definition) is 0. The average Bonchev–Trinajstić information content (AvgIpc) is 3.25. The largest absolute Gasteiger partial charge is 0.361 e. The Morgan fingerprint density at radius 2 is 2.11 bits per heavy atom. The Kier molecular flexibility index (Phi) is 4.78. The quantitative estimate of drug-likeness (QED) is 0.690. The molecule has 3 aromatic heterocycles. The zero-order valence-corrected chi connectivity index (χ0v) is 16.5. The van der Waals surface area contributed by atoms with Gasteiger partial charge in [0.1, 0.15) is 10.8 Å². The predicted octanol–water partition coefficient (Wildman–Crippen LogP) is 3.57. The number of thiazole rings is 1. The number of nitrogens with zero attached hydrogens (tertiary/aromatic N) is 4. The van der Waals surface area contributed by atoms with Crippen molar-refractivity contribution in [2.45, 2.75) is 39.7 Å². The lowest BCUT2D eigenvalue weighted by molar-refractivity contribution is -0.135. The zero-order chi connectivity index (χ0) is 19.0. The summed E-state index contributed by atoms with van der Waals surface area (Å²) in [4.78, 5) is 24.9. The summed E-state index contributed by atoms with van der Waals surface area (Å²) in [6, 6.07) is 3.95. The van der Waals surface area contributed by atoms with Crippen molar-refractivity contribution < 1.29 is 9.32 Å². The molecule has 7 heteroatoms. The minimum Gasteiger partial charge on any atom is -0.361 e. The second kappa shape index (κ2) is 7.23. The first kappa shape index (κ1) is 17.9. The maximum absolute atomic E-state index is 13.0. The Labute approximate surface area is 162 Å². The molecule has 3 aromatic rings. The van der Waals surface area contributed by atoms with Crippen LogP contribution in [0.5, 0.6) is 0 Å². The molecule has 3 heterocycles. The first-order valence-corrected chi connectivity index (χ1v) is 9.90. The fraction of sp³-hybridized carbons (Fsp3) is 0.400. The highest BCUT2D eigenvalue weighted by Crippen LogP contribution is 2.35. The van der Waals surface area contributed by atoms with Crippen molar-refractivity contribution in [3.63, 3.8) is 0 Å². The number of carbonyl (C=O) groups is 1. The zero-order valence-electron chi connectivity index (χ0n) is 15.7. The Morgan fingerprint density at radius 1 is 1.33 bits per heavy atom. The van der Waals surface area contributed by atoms with Crippen molar-refractivity contribution in [2.75, 3.05) is 7.05 Å². The molecular formula is C20H22N4O2S. The molecule has 0 aliphatic heterocycles. The summed E-state index contributed by atoms with van der Waals surface area (Å²) in [5.41, 5.74) is 4.00. The van der Waals surface area contributed by atoms with Gasteiger partial charge in [0.15, 0.2) is 0 Å². The van der Waals surface area contributed by atoms with Gasteiger partial charge >= 0.3 is 0 Å². The summed E-state index contributed by atoms with van der Waals surface area (Å²) >= 11 is 1.73. The molecule has 1 atom stereocenters. The molecule has 6 nitrogen and oxygen atoms in total. The Bertz CT molecular complexity index is 944. The monoisotopic (exact) mass is 382 g/mol. The smallest absolute Gasteiger partial charge is 0.226 e. The van der Waals surface area contributed by atoms with Gasteiger partial charge in [-0.25, -0.2) is 4.98 Å². The lowest BCUT2D eigenvalue weighted by Gasteiger charge is -2.26. The predicted molar refractivity (Wildman–Crippen MR) is 103 cm³/mol. The van der Waals surface area contributed by atoms with E-state index >= 15 is 0 Å². The van der Waals surface area contributed by atoms with Crippen LogP contribution in [-0.2, 0) is 24.2 Å². The molecule has 140 valence electrons. The topological polar surface area (TPSA) is 72.1 Å². The van der Waals surface area contributed by atoms with Gasteiger partial charge in [0.2, 0.25) is 5.91 Å². The minimum absolute atomic E-state index is 0.0182. The van der Waals surface area contributed by atoms with Gasteiger partial charge in [0.05, 0.1) is 17.9 Å². The lowest BCUT2D eigenvalue weighted by atomic mass is 9.89. The number of aryl methyl sites for hydroxylation is 3. The fourth-order valence-corrected chi connectivity index (χ4v) is 4.67.